The van der Waals surface area contributed by atoms with Crippen LogP contribution in [0.5, 0.6) is 0 Å². The van der Waals surface area contributed by atoms with Crippen LogP contribution in [-0.2, 0) is 0 Å². The molecule has 1 aromatic rings. The van der Waals surface area contributed by atoms with Gasteiger partial charge in [0.25, 0.3) is 0 Å². The summed E-state index contributed by atoms with van der Waals surface area (Å²) in [5, 5.41) is 27.7. The molecule has 0 aliphatic carbocycles. The van der Waals surface area contributed by atoms with Gasteiger partial charge in [-0.3, -0.25) is 0 Å². The van der Waals surface area contributed by atoms with Gasteiger partial charge >= 0.3 is 5.97 Å². The summed E-state index contributed by atoms with van der Waals surface area (Å²) >= 11 is 5.33. The first kappa shape index (κ1) is 12.9. The quantitative estimate of drug-likeness (QED) is 0.699. The molecule has 0 aromatic heterocycles. The van der Waals surface area contributed by atoms with Gasteiger partial charge in [-0.1, -0.05) is 6.07 Å². The van der Waals surface area contributed by atoms with E-state index in [0.717, 1.165) is 18.2 Å². The summed E-state index contributed by atoms with van der Waals surface area (Å²) in [5.41, 5.74) is -0.460. The van der Waals surface area contributed by atoms with Crippen LogP contribution >= 0.6 is 11.6 Å². The largest absolute Gasteiger partial charge is 0.478 e. The van der Waals surface area contributed by atoms with Crippen molar-refractivity contribution < 1.29 is 24.5 Å². The Hall–Kier alpha value is -1.17. The zero-order valence-electron chi connectivity index (χ0n) is 8.10. The smallest absolute Gasteiger partial charge is 0.336 e. The van der Waals surface area contributed by atoms with Gasteiger partial charge in [-0.15, -0.1) is 11.6 Å². The fourth-order valence-corrected chi connectivity index (χ4v) is 1.43. The maximum atomic E-state index is 12.8. The number of benzene rings is 1. The van der Waals surface area contributed by atoms with E-state index < -0.39 is 29.6 Å². The van der Waals surface area contributed by atoms with Gasteiger partial charge in [0.2, 0.25) is 0 Å². The van der Waals surface area contributed by atoms with Gasteiger partial charge in [0.05, 0.1) is 17.5 Å². The normalized spacial score (nSPS) is 14.5. The molecule has 88 valence electrons. The first-order chi connectivity index (χ1) is 7.47. The predicted molar refractivity (Wildman–Crippen MR) is 55.0 cm³/mol. The lowest BCUT2D eigenvalue weighted by Crippen LogP contribution is -2.22. The maximum Gasteiger partial charge on any atom is 0.336 e. The summed E-state index contributed by atoms with van der Waals surface area (Å²) in [6.07, 6.45) is -2.76. The Balaban J connectivity index is 3.17. The number of aromatic carboxylic acids is 1. The monoisotopic (exact) mass is 248 g/mol. The molecule has 0 bridgehead atoms. The number of aliphatic hydroxyl groups excluding tert-OH is 2. The van der Waals surface area contributed by atoms with Gasteiger partial charge in [-0.2, -0.15) is 0 Å². The Kier molecular flexibility index (Phi) is 4.23. The molecule has 16 heavy (non-hydrogen) atoms. The predicted octanol–water partition coefficient (Wildman–Crippen LogP) is 1.16. The van der Waals surface area contributed by atoms with Crippen molar-refractivity contribution in [1.82, 2.24) is 0 Å². The molecule has 0 heterocycles. The highest BCUT2D eigenvalue weighted by molar-refractivity contribution is 6.18. The molecule has 0 aliphatic rings. The third-order valence-electron chi connectivity index (χ3n) is 2.09. The standard InChI is InChI=1S/C10H10ClFO4/c11-4-8(13)9(14)6-2-1-5(12)3-7(6)10(15)16/h1-3,8-9,13-14H,4H2,(H,15,16). The molecular weight excluding hydrogens is 239 g/mol. The highest BCUT2D eigenvalue weighted by Crippen LogP contribution is 2.23. The Labute approximate surface area is 95.9 Å². The van der Waals surface area contributed by atoms with Crippen molar-refractivity contribution in [2.45, 2.75) is 12.2 Å². The van der Waals surface area contributed by atoms with E-state index in [-0.39, 0.29) is 11.4 Å². The minimum Gasteiger partial charge on any atom is -0.478 e. The lowest BCUT2D eigenvalue weighted by Gasteiger charge is -2.17. The Morgan fingerprint density at radius 1 is 1.44 bits per heavy atom. The highest BCUT2D eigenvalue weighted by Gasteiger charge is 2.23. The van der Waals surface area contributed by atoms with Crippen molar-refractivity contribution in [2.75, 3.05) is 5.88 Å². The lowest BCUT2D eigenvalue weighted by molar-refractivity contribution is 0.0312. The van der Waals surface area contributed by atoms with Gasteiger partial charge < -0.3 is 15.3 Å². The van der Waals surface area contributed by atoms with E-state index in [2.05, 4.69) is 0 Å². The zero-order chi connectivity index (χ0) is 12.3. The van der Waals surface area contributed by atoms with E-state index in [4.69, 9.17) is 16.7 Å². The van der Waals surface area contributed by atoms with E-state index in [1.165, 1.54) is 0 Å². The van der Waals surface area contributed by atoms with E-state index in [0.29, 0.717) is 0 Å². The number of alkyl halides is 1. The number of halogens is 2. The van der Waals surface area contributed by atoms with Crippen LogP contribution in [0.1, 0.15) is 22.0 Å². The average Bonchev–Trinajstić information content (AvgIpc) is 2.26. The van der Waals surface area contributed by atoms with Crippen LogP contribution < -0.4 is 0 Å². The third kappa shape index (κ3) is 2.69. The van der Waals surface area contributed by atoms with E-state index in [1.807, 2.05) is 0 Å². The van der Waals surface area contributed by atoms with Crippen molar-refractivity contribution >= 4 is 17.6 Å². The molecule has 2 atom stereocenters. The van der Waals surface area contributed by atoms with Crippen LogP contribution in [0.3, 0.4) is 0 Å². The van der Waals surface area contributed by atoms with Gasteiger partial charge in [0, 0.05) is 0 Å². The van der Waals surface area contributed by atoms with E-state index in [9.17, 15) is 19.4 Å². The summed E-state index contributed by atoms with van der Waals surface area (Å²) in [6, 6.07) is 2.90. The van der Waals surface area contributed by atoms with Crippen LogP contribution in [0.2, 0.25) is 0 Å². The SMILES string of the molecule is O=C(O)c1cc(F)ccc1C(O)C(O)CCl. The van der Waals surface area contributed by atoms with Crippen molar-refractivity contribution in [3.63, 3.8) is 0 Å². The van der Waals surface area contributed by atoms with Crippen LogP contribution in [0.15, 0.2) is 18.2 Å². The summed E-state index contributed by atoms with van der Waals surface area (Å²) in [4.78, 5) is 10.8. The molecule has 3 N–H and O–H groups in total. The fraction of sp³-hybridized carbons (Fsp3) is 0.300. The molecule has 1 aromatic carbocycles. The number of carboxylic acid groups (broad SMARTS) is 1. The lowest BCUT2D eigenvalue weighted by atomic mass is 9.99. The molecule has 0 amide bonds. The molecule has 0 saturated heterocycles. The molecular formula is C10H10ClFO4. The number of rotatable bonds is 4. The number of carbonyl (C=O) groups is 1. The number of hydrogen-bond donors (Lipinski definition) is 3. The molecule has 0 saturated carbocycles. The Morgan fingerprint density at radius 3 is 2.56 bits per heavy atom. The molecule has 0 aliphatic heterocycles. The second-order valence-electron chi connectivity index (χ2n) is 3.20. The van der Waals surface area contributed by atoms with Gasteiger partial charge in [0.1, 0.15) is 11.9 Å². The fourth-order valence-electron chi connectivity index (χ4n) is 1.26. The van der Waals surface area contributed by atoms with Gasteiger partial charge in [-0.25, -0.2) is 9.18 Å². The minimum atomic E-state index is -1.45. The van der Waals surface area contributed by atoms with Crippen molar-refractivity contribution in [2.24, 2.45) is 0 Å². The summed E-state index contributed by atoms with van der Waals surface area (Å²) in [5.74, 6) is -2.36. The molecule has 0 radical (unpaired) electrons. The second kappa shape index (κ2) is 5.25. The summed E-state index contributed by atoms with van der Waals surface area (Å²) in [6.45, 7) is 0. The molecule has 0 spiro atoms. The highest BCUT2D eigenvalue weighted by atomic mass is 35.5. The molecule has 0 fully saturated rings. The summed E-state index contributed by atoms with van der Waals surface area (Å²) in [7, 11) is 0. The van der Waals surface area contributed by atoms with E-state index >= 15 is 0 Å². The molecule has 6 heteroatoms. The van der Waals surface area contributed by atoms with Crippen LogP contribution in [0.4, 0.5) is 4.39 Å². The van der Waals surface area contributed by atoms with Crippen molar-refractivity contribution in [3.8, 4) is 0 Å². The molecule has 4 nitrogen and oxygen atoms in total. The van der Waals surface area contributed by atoms with Gasteiger partial charge in [0.15, 0.2) is 0 Å². The maximum absolute atomic E-state index is 12.8. The van der Waals surface area contributed by atoms with E-state index in [1.54, 1.807) is 0 Å². The first-order valence-electron chi connectivity index (χ1n) is 4.42. The second-order valence-corrected chi connectivity index (χ2v) is 3.51. The van der Waals surface area contributed by atoms with Crippen LogP contribution in [0, 0.1) is 5.82 Å². The average molecular weight is 249 g/mol. The van der Waals surface area contributed by atoms with Gasteiger partial charge in [-0.05, 0) is 17.7 Å². The van der Waals surface area contributed by atoms with Crippen LogP contribution in [0.25, 0.3) is 0 Å². The number of aliphatic hydroxyl groups is 2. The Bertz CT molecular complexity index is 396. The third-order valence-corrected chi connectivity index (χ3v) is 2.40. The molecule has 2 unspecified atom stereocenters. The number of hydrogen-bond acceptors (Lipinski definition) is 3. The first-order valence-corrected chi connectivity index (χ1v) is 4.95. The minimum absolute atomic E-state index is 0.0675. The van der Waals surface area contributed by atoms with Crippen molar-refractivity contribution in [3.05, 3.63) is 35.1 Å². The molecule has 1 rings (SSSR count). The zero-order valence-corrected chi connectivity index (χ0v) is 8.86. The van der Waals surface area contributed by atoms with Crippen molar-refractivity contribution in [1.29, 1.82) is 0 Å². The Morgan fingerprint density at radius 2 is 2.06 bits per heavy atom. The number of carboxylic acids is 1. The topological polar surface area (TPSA) is 77.8 Å². The summed E-state index contributed by atoms with van der Waals surface area (Å²) < 4.78 is 12.8. The van der Waals surface area contributed by atoms with Crippen LogP contribution in [-0.4, -0.2) is 33.3 Å².